The Morgan fingerprint density at radius 1 is 1.88 bits per heavy atom. The third-order valence-corrected chi connectivity index (χ3v) is 2.24. The zero-order valence-electron chi connectivity index (χ0n) is 4.81. The molecule has 1 N–H and O–H groups in total. The molecule has 0 aliphatic carbocycles. The summed E-state index contributed by atoms with van der Waals surface area (Å²) in [6.07, 6.45) is 0. The number of rotatable bonds is 3. The summed E-state index contributed by atoms with van der Waals surface area (Å²) in [5.74, 6) is 0. The van der Waals surface area contributed by atoms with Gasteiger partial charge < -0.3 is 0 Å². The maximum atomic E-state index is 10.6. The van der Waals surface area contributed by atoms with Crippen molar-refractivity contribution in [3.05, 3.63) is 11.1 Å². The molecule has 0 radical (unpaired) electrons. The van der Waals surface area contributed by atoms with Crippen LogP contribution in [0.2, 0.25) is 5.36 Å². The molecule has 0 saturated heterocycles. The molecule has 0 saturated carbocycles. The predicted molar refractivity (Wildman–Crippen MR) is 27.4 cm³/mol. The van der Waals surface area contributed by atoms with Crippen molar-refractivity contribution >= 4 is 0 Å². The Labute approximate surface area is 53.2 Å². The van der Waals surface area contributed by atoms with Gasteiger partial charge in [-0.05, 0) is 0 Å². The first-order chi connectivity index (χ1) is 3.68. The van der Waals surface area contributed by atoms with Gasteiger partial charge in [0.15, 0.2) is 0 Å². The fourth-order valence-electron chi connectivity index (χ4n) is 0.210. The van der Waals surface area contributed by atoms with Gasteiger partial charge in [0, 0.05) is 0 Å². The van der Waals surface area contributed by atoms with E-state index in [4.69, 9.17) is 5.11 Å². The standard InChI is InChI=1S/C3H5.C2H5O.Co.O/c1-3-2;1-2-3;;/h1H2,2H3;3H,1-2H2;;. The van der Waals surface area contributed by atoms with E-state index in [0.717, 1.165) is 0 Å². The van der Waals surface area contributed by atoms with E-state index in [0.29, 0.717) is 9.86 Å². The van der Waals surface area contributed by atoms with E-state index >= 15 is 0 Å². The molecule has 8 heavy (non-hydrogen) atoms. The number of aliphatic hydroxyl groups excluding tert-OH is 1. The zero-order chi connectivity index (χ0) is 6.57. The van der Waals surface area contributed by atoms with Crippen molar-refractivity contribution in [1.82, 2.24) is 0 Å². The minimum absolute atomic E-state index is 0.0129. The molecule has 0 rings (SSSR count). The van der Waals surface area contributed by atoms with Crippen LogP contribution in [-0.2, 0) is 17.5 Å². The summed E-state index contributed by atoms with van der Waals surface area (Å²) in [4.78, 5) is 0. The van der Waals surface area contributed by atoms with Crippen LogP contribution in [0, 0.1) is 0 Å². The Balaban J connectivity index is 3.49. The summed E-state index contributed by atoms with van der Waals surface area (Å²) in [6.45, 7) is 5.17. The summed E-state index contributed by atoms with van der Waals surface area (Å²) in [7, 11) is 0. The van der Waals surface area contributed by atoms with E-state index in [1.165, 1.54) is 0 Å². The van der Waals surface area contributed by atoms with E-state index in [1.54, 1.807) is 6.92 Å². The molecular formula is C5H10CoO2. The topological polar surface area (TPSA) is 37.3 Å². The first-order valence-corrected chi connectivity index (χ1v) is 3.89. The second-order valence-electron chi connectivity index (χ2n) is 1.31. The summed E-state index contributed by atoms with van der Waals surface area (Å²) in [5, 5.41) is 8.61. The van der Waals surface area contributed by atoms with E-state index in [9.17, 15) is 3.87 Å². The molecule has 0 aliphatic heterocycles. The van der Waals surface area contributed by atoms with Crippen molar-refractivity contribution < 1.29 is 22.6 Å². The molecule has 0 heterocycles. The minimum atomic E-state index is -1.31. The molecule has 0 spiro atoms. The first-order valence-electron chi connectivity index (χ1n) is 2.21. The Morgan fingerprint density at radius 2 is 2.38 bits per heavy atom. The average molecular weight is 161 g/mol. The van der Waals surface area contributed by atoms with Crippen LogP contribution < -0.4 is 0 Å². The average Bonchev–Trinajstić information content (AvgIpc) is 1.67. The Hall–Kier alpha value is 0.00649. The molecule has 2 nitrogen and oxygen atoms in total. The quantitative estimate of drug-likeness (QED) is 0.667. The van der Waals surface area contributed by atoms with E-state index in [2.05, 4.69) is 6.58 Å². The molecule has 51 valence electrons. The van der Waals surface area contributed by atoms with Gasteiger partial charge in [0.2, 0.25) is 0 Å². The fraction of sp³-hybridized carbons (Fsp3) is 0.600. The summed E-state index contributed by atoms with van der Waals surface area (Å²) in [5.41, 5.74) is 0. The third-order valence-electron chi connectivity index (χ3n) is 0.543. The van der Waals surface area contributed by atoms with Gasteiger partial charge in [0.05, 0.1) is 0 Å². The van der Waals surface area contributed by atoms with Gasteiger partial charge in [0.25, 0.3) is 0 Å². The van der Waals surface area contributed by atoms with Crippen molar-refractivity contribution in [2.24, 2.45) is 0 Å². The van der Waals surface area contributed by atoms with Crippen LogP contribution in [0.5, 0.6) is 0 Å². The van der Waals surface area contributed by atoms with Crippen LogP contribution in [0.4, 0.5) is 0 Å². The van der Waals surface area contributed by atoms with Gasteiger partial charge in [-0.1, -0.05) is 0 Å². The number of allylic oxidation sites excluding steroid dienone is 1. The van der Waals surface area contributed by atoms with Gasteiger partial charge in [-0.3, -0.25) is 0 Å². The second-order valence-corrected chi connectivity index (χ2v) is 3.60. The van der Waals surface area contributed by atoms with Crippen LogP contribution in [0.1, 0.15) is 6.92 Å². The normalized spacial score (nSPS) is 11.0. The predicted octanol–water partition coefficient (Wildman–Crippen LogP) is 0.894. The monoisotopic (exact) mass is 161 g/mol. The molecule has 0 aromatic rings. The number of hydrogen-bond donors (Lipinski definition) is 1. The summed E-state index contributed by atoms with van der Waals surface area (Å²) < 4.78 is 11.3. The van der Waals surface area contributed by atoms with Crippen LogP contribution >= 0.6 is 0 Å². The summed E-state index contributed by atoms with van der Waals surface area (Å²) in [6, 6.07) is 0. The van der Waals surface area contributed by atoms with Crippen molar-refractivity contribution in [2.45, 2.75) is 12.3 Å². The third kappa shape index (κ3) is 3.07. The van der Waals surface area contributed by atoms with Gasteiger partial charge in [-0.15, -0.1) is 0 Å². The molecular weight excluding hydrogens is 151 g/mol. The Kier molecular flexibility index (Phi) is 3.95. The maximum absolute atomic E-state index is 10.6. The Morgan fingerprint density at radius 3 is 2.50 bits per heavy atom. The van der Waals surface area contributed by atoms with Crippen molar-refractivity contribution in [3.8, 4) is 0 Å². The zero-order valence-corrected chi connectivity index (χ0v) is 5.85. The van der Waals surface area contributed by atoms with E-state index in [1.807, 2.05) is 0 Å². The molecule has 0 fully saturated rings. The van der Waals surface area contributed by atoms with E-state index < -0.39 is 13.6 Å². The molecule has 0 aromatic heterocycles. The molecule has 0 atom stereocenters. The van der Waals surface area contributed by atoms with Crippen LogP contribution in [0.15, 0.2) is 11.1 Å². The fourth-order valence-corrected chi connectivity index (χ4v) is 0.866. The molecule has 0 unspecified atom stereocenters. The van der Waals surface area contributed by atoms with Crippen molar-refractivity contribution in [2.75, 3.05) is 6.61 Å². The molecule has 3 heteroatoms. The first kappa shape index (κ1) is 8.01. The molecule has 0 bridgehead atoms. The van der Waals surface area contributed by atoms with Crippen molar-refractivity contribution in [3.63, 3.8) is 0 Å². The van der Waals surface area contributed by atoms with Crippen LogP contribution in [0.3, 0.4) is 0 Å². The van der Waals surface area contributed by atoms with Crippen LogP contribution in [0.25, 0.3) is 0 Å². The van der Waals surface area contributed by atoms with Crippen molar-refractivity contribution in [1.29, 1.82) is 0 Å². The van der Waals surface area contributed by atoms with Gasteiger partial charge in [0.1, 0.15) is 0 Å². The summed E-state index contributed by atoms with van der Waals surface area (Å²) >= 11 is -1.31. The van der Waals surface area contributed by atoms with Gasteiger partial charge in [-0.2, -0.15) is 0 Å². The second kappa shape index (κ2) is 3.94. The number of aliphatic hydroxyl groups is 1. The Bertz CT molecular complexity index is 109. The molecule has 0 aliphatic rings. The number of hydrogen-bond acceptors (Lipinski definition) is 2. The molecule has 0 amide bonds. The SMILES string of the molecule is C=[C](C)[Co](=[O])[CH2]CO. The van der Waals surface area contributed by atoms with Crippen LogP contribution in [-0.4, -0.2) is 11.7 Å². The van der Waals surface area contributed by atoms with Gasteiger partial charge >= 0.3 is 52.5 Å². The van der Waals surface area contributed by atoms with Gasteiger partial charge in [-0.25, -0.2) is 0 Å². The molecule has 0 aromatic carbocycles. The van der Waals surface area contributed by atoms with E-state index in [-0.39, 0.29) is 6.61 Å².